The van der Waals surface area contributed by atoms with Crippen LogP contribution in [0.15, 0.2) is 95.1 Å². The van der Waals surface area contributed by atoms with Crippen LogP contribution in [0.4, 0.5) is 5.13 Å². The number of β-lactam (4-membered cyclic amide) rings is 1. The molecule has 1 fully saturated rings. The molecule has 2 aliphatic rings. The van der Waals surface area contributed by atoms with Gasteiger partial charge in [-0.1, -0.05) is 78.5 Å². The average Bonchev–Trinajstić information content (AvgIpc) is 3.48. The molecule has 5 rings (SSSR count). The number of fused-ring (bicyclic) bond motifs is 1. The summed E-state index contributed by atoms with van der Waals surface area (Å²) >= 11 is 2.43. The van der Waals surface area contributed by atoms with Crippen molar-refractivity contribution in [2.75, 3.05) is 18.1 Å². The van der Waals surface area contributed by atoms with E-state index in [4.69, 9.17) is 20.0 Å². The Hall–Kier alpha value is -4.95. The molecule has 14 heteroatoms. The van der Waals surface area contributed by atoms with E-state index < -0.39 is 53.5 Å². The molecule has 47 heavy (non-hydrogen) atoms. The van der Waals surface area contributed by atoms with Gasteiger partial charge >= 0.3 is 11.9 Å². The summed E-state index contributed by atoms with van der Waals surface area (Å²) in [4.78, 5) is 63.5. The van der Waals surface area contributed by atoms with Crippen molar-refractivity contribution < 1.29 is 33.5 Å². The van der Waals surface area contributed by atoms with Gasteiger partial charge in [0.2, 0.25) is 6.61 Å². The van der Waals surface area contributed by atoms with Crippen LogP contribution in [0.2, 0.25) is 0 Å². The van der Waals surface area contributed by atoms with Crippen molar-refractivity contribution in [3.05, 3.63) is 107 Å². The normalized spacial score (nSPS) is 17.8. The van der Waals surface area contributed by atoms with Crippen molar-refractivity contribution in [2.45, 2.75) is 43.9 Å². The number of nitrogen functional groups attached to an aromatic ring is 1. The Morgan fingerprint density at radius 1 is 1.13 bits per heavy atom. The molecule has 2 atom stereocenters. The first-order chi connectivity index (χ1) is 22.5. The van der Waals surface area contributed by atoms with E-state index in [0.717, 1.165) is 22.5 Å². The lowest BCUT2D eigenvalue weighted by Gasteiger charge is -2.49. The zero-order valence-corrected chi connectivity index (χ0v) is 27.5. The third kappa shape index (κ3) is 7.72. The van der Waals surface area contributed by atoms with Gasteiger partial charge in [0.05, 0.1) is 0 Å². The van der Waals surface area contributed by atoms with Gasteiger partial charge in [-0.2, -0.15) is 0 Å². The summed E-state index contributed by atoms with van der Waals surface area (Å²) in [7, 11) is 0. The Bertz CT molecular complexity index is 1690. The number of hydrogen-bond donors (Lipinski definition) is 2. The molecule has 1 saturated heterocycles. The maximum atomic E-state index is 13.8. The molecule has 2 aromatic carbocycles. The maximum absolute atomic E-state index is 13.8. The van der Waals surface area contributed by atoms with Gasteiger partial charge in [-0.25, -0.2) is 14.6 Å². The molecule has 1 unspecified atom stereocenters. The highest BCUT2D eigenvalue weighted by atomic mass is 32.2. The van der Waals surface area contributed by atoms with Crippen LogP contribution in [0.1, 0.15) is 43.7 Å². The molecule has 2 aliphatic heterocycles. The molecule has 0 radical (unpaired) electrons. The monoisotopic (exact) mass is 675 g/mol. The van der Waals surface area contributed by atoms with Crippen LogP contribution in [-0.2, 0) is 33.5 Å². The fraction of sp³-hybridized carbons (Fsp3) is 0.273. The van der Waals surface area contributed by atoms with Gasteiger partial charge in [0.25, 0.3) is 11.8 Å². The SMILES string of the molecule is C=CC1=C(C(=O)OC(c2ccccc2)c2ccccc2)N2C(=O)C(NC(=O)C(=NOCC(=O)OC(C)(C)C)c3csc(N)n3)[C@H]2SC1. The van der Waals surface area contributed by atoms with E-state index in [1.54, 1.807) is 20.8 Å². The molecule has 0 saturated carbocycles. The summed E-state index contributed by atoms with van der Waals surface area (Å²) < 4.78 is 11.3. The first-order valence-corrected chi connectivity index (χ1v) is 16.4. The number of rotatable bonds is 11. The fourth-order valence-electron chi connectivity index (χ4n) is 4.87. The number of ether oxygens (including phenoxy) is 2. The topological polar surface area (TPSA) is 163 Å². The largest absolute Gasteiger partial charge is 0.457 e. The number of allylic oxidation sites excluding steroid dienone is 1. The van der Waals surface area contributed by atoms with Gasteiger partial charge in [0.15, 0.2) is 16.9 Å². The maximum Gasteiger partial charge on any atom is 0.356 e. The minimum atomic E-state index is -1.01. The third-order valence-electron chi connectivity index (χ3n) is 6.89. The number of oxime groups is 1. The number of aromatic nitrogens is 1. The molecule has 0 aliphatic carbocycles. The van der Waals surface area contributed by atoms with Crippen molar-refractivity contribution in [3.63, 3.8) is 0 Å². The van der Waals surface area contributed by atoms with Gasteiger partial charge in [-0.05, 0) is 37.5 Å². The Balaban J connectivity index is 1.33. The average molecular weight is 676 g/mol. The number of nitrogens with zero attached hydrogens (tertiary/aromatic N) is 3. The van der Waals surface area contributed by atoms with E-state index in [0.29, 0.717) is 11.3 Å². The van der Waals surface area contributed by atoms with E-state index in [-0.39, 0.29) is 22.2 Å². The second-order valence-electron chi connectivity index (χ2n) is 11.4. The van der Waals surface area contributed by atoms with E-state index in [1.807, 2.05) is 60.7 Å². The summed E-state index contributed by atoms with van der Waals surface area (Å²) in [6.07, 6.45) is 0.798. The number of amides is 2. The van der Waals surface area contributed by atoms with Crippen molar-refractivity contribution in [1.82, 2.24) is 15.2 Å². The molecular formula is C33H33N5O7S2. The number of hydrogen-bond acceptors (Lipinski definition) is 12. The minimum absolute atomic E-state index is 0.0676. The summed E-state index contributed by atoms with van der Waals surface area (Å²) in [5.41, 5.74) is 6.97. The van der Waals surface area contributed by atoms with Crippen molar-refractivity contribution in [2.24, 2.45) is 5.16 Å². The lowest BCUT2D eigenvalue weighted by atomic mass is 10.0. The predicted molar refractivity (Wildman–Crippen MR) is 178 cm³/mol. The van der Waals surface area contributed by atoms with Crippen LogP contribution in [-0.4, -0.2) is 68.7 Å². The standard InChI is InChI=1S/C33H33N5O7S2/c1-5-19-17-46-30-25(36-28(40)24(22-18-47-32(34)35-22)37-43-16-23(39)45-33(2,3)4)29(41)38(30)26(19)31(42)44-27(20-12-8-6-9-13-20)21-14-10-7-11-15-21/h5-15,18,25,27,30H,1,16-17H2,2-4H3,(H2,34,35)(H,36,40)/t25?,30-/m1/s1. The van der Waals surface area contributed by atoms with Gasteiger partial charge in [-0.15, -0.1) is 23.1 Å². The molecule has 244 valence electrons. The molecule has 3 heterocycles. The minimum Gasteiger partial charge on any atom is -0.457 e. The highest BCUT2D eigenvalue weighted by molar-refractivity contribution is 8.00. The quantitative estimate of drug-likeness (QED) is 0.132. The molecule has 0 spiro atoms. The number of carbonyl (C=O) groups is 4. The van der Waals surface area contributed by atoms with Gasteiger partial charge < -0.3 is 25.4 Å². The summed E-state index contributed by atoms with van der Waals surface area (Å²) in [5.74, 6) is -2.35. The molecule has 3 aromatic rings. The zero-order valence-electron chi connectivity index (χ0n) is 25.9. The molecule has 1 aromatic heterocycles. The second-order valence-corrected chi connectivity index (χ2v) is 13.4. The number of anilines is 1. The highest BCUT2D eigenvalue weighted by Gasteiger charge is 2.54. The summed E-state index contributed by atoms with van der Waals surface area (Å²) in [5, 5.41) is 7.58. The first-order valence-electron chi connectivity index (χ1n) is 14.5. The number of nitrogens with two attached hydrogens (primary N) is 1. The Kier molecular flexibility index (Phi) is 10.1. The van der Waals surface area contributed by atoms with Crippen molar-refractivity contribution in [1.29, 1.82) is 0 Å². The summed E-state index contributed by atoms with van der Waals surface area (Å²) in [6, 6.07) is 17.6. The van der Waals surface area contributed by atoms with Crippen LogP contribution < -0.4 is 11.1 Å². The first kappa shape index (κ1) is 33.4. The number of thiazole rings is 1. The lowest BCUT2D eigenvalue weighted by molar-refractivity contribution is -0.160. The van der Waals surface area contributed by atoms with E-state index in [1.165, 1.54) is 28.1 Å². The van der Waals surface area contributed by atoms with Gasteiger partial charge in [0, 0.05) is 11.1 Å². The van der Waals surface area contributed by atoms with E-state index in [9.17, 15) is 19.2 Å². The highest BCUT2D eigenvalue weighted by Crippen LogP contribution is 2.42. The Morgan fingerprint density at radius 3 is 2.32 bits per heavy atom. The Labute approximate surface area is 279 Å². The number of esters is 2. The molecule has 12 nitrogen and oxygen atoms in total. The van der Waals surface area contributed by atoms with Crippen LogP contribution in [0.5, 0.6) is 0 Å². The van der Waals surface area contributed by atoms with Crippen molar-refractivity contribution in [3.8, 4) is 0 Å². The van der Waals surface area contributed by atoms with Gasteiger partial charge in [0.1, 0.15) is 28.4 Å². The molecule has 2 amide bonds. The van der Waals surface area contributed by atoms with Crippen molar-refractivity contribution >= 4 is 57.7 Å². The lowest BCUT2D eigenvalue weighted by Crippen LogP contribution is -2.71. The smallest absolute Gasteiger partial charge is 0.356 e. The van der Waals surface area contributed by atoms with E-state index >= 15 is 0 Å². The number of nitrogens with one attached hydrogen (secondary N) is 1. The third-order valence-corrected chi connectivity index (χ3v) is 8.87. The number of benzene rings is 2. The number of thioether (sulfide) groups is 1. The molecular weight excluding hydrogens is 643 g/mol. The van der Waals surface area contributed by atoms with Crippen LogP contribution in [0.3, 0.4) is 0 Å². The molecule has 3 N–H and O–H groups in total. The van der Waals surface area contributed by atoms with Gasteiger partial charge in [-0.3, -0.25) is 14.5 Å². The van der Waals surface area contributed by atoms with Crippen LogP contribution >= 0.6 is 23.1 Å². The predicted octanol–water partition coefficient (Wildman–Crippen LogP) is 3.96. The second kappa shape index (κ2) is 14.2. The van der Waals surface area contributed by atoms with Crippen LogP contribution in [0.25, 0.3) is 0 Å². The van der Waals surface area contributed by atoms with E-state index in [2.05, 4.69) is 22.0 Å². The summed E-state index contributed by atoms with van der Waals surface area (Å²) in [6.45, 7) is 8.40. The zero-order chi connectivity index (χ0) is 33.7. The molecule has 0 bridgehead atoms. The number of carbonyl (C=O) groups excluding carboxylic acids is 4. The Morgan fingerprint density at radius 2 is 1.77 bits per heavy atom. The van der Waals surface area contributed by atoms with Crippen LogP contribution in [0, 0.1) is 0 Å². The fourth-order valence-corrected chi connectivity index (χ4v) is 6.75.